The van der Waals surface area contributed by atoms with E-state index in [0.29, 0.717) is 4.90 Å². The predicted octanol–water partition coefficient (Wildman–Crippen LogP) is 1.00. The van der Waals surface area contributed by atoms with Gasteiger partial charge < -0.3 is 10.8 Å². The Morgan fingerprint density at radius 3 is 2.42 bits per heavy atom. The van der Waals surface area contributed by atoms with Crippen molar-refractivity contribution in [3.05, 3.63) is 28.7 Å². The van der Waals surface area contributed by atoms with Crippen molar-refractivity contribution < 1.29 is 19.9 Å². The number of thioether (sulfide) groups is 1. The normalized spacial score (nSPS) is 13.6. The van der Waals surface area contributed by atoms with Gasteiger partial charge in [-0.05, 0) is 24.3 Å². The number of rotatable bonds is 6. The number of nitrogens with two attached hydrogens (primary N) is 1. The lowest BCUT2D eigenvalue weighted by Crippen LogP contribution is -2.41. The smallest absolute Gasteiger partial charge is 0.260 e. The monoisotopic (exact) mass is 348 g/mol. The topological polar surface area (TPSA) is 113 Å². The number of primary amides is 1. The van der Waals surface area contributed by atoms with E-state index in [1.165, 1.54) is 5.48 Å². The Kier molecular flexibility index (Phi) is 5.80. The minimum absolute atomic E-state index is 0.199. The van der Waals surface area contributed by atoms with Crippen LogP contribution in [0.4, 0.5) is 0 Å². The molecule has 19 heavy (non-hydrogen) atoms. The first-order chi connectivity index (χ1) is 8.87. The molecule has 0 spiro atoms. The molecule has 1 unspecified atom stereocenters. The van der Waals surface area contributed by atoms with E-state index in [-0.39, 0.29) is 12.8 Å². The number of hydroxylamine groups is 1. The van der Waals surface area contributed by atoms with Gasteiger partial charge >= 0.3 is 0 Å². The van der Waals surface area contributed by atoms with Gasteiger partial charge in [0.05, 0.1) is 0 Å². The first kappa shape index (κ1) is 16.0. The third kappa shape index (κ3) is 4.83. The van der Waals surface area contributed by atoms with Crippen molar-refractivity contribution >= 4 is 39.5 Å². The number of aliphatic hydroxyl groups is 1. The Balaban J connectivity index is 2.78. The van der Waals surface area contributed by atoms with Gasteiger partial charge in [0.15, 0.2) is 4.93 Å². The Bertz CT molecular complexity index is 468. The molecule has 2 amide bonds. The van der Waals surface area contributed by atoms with Gasteiger partial charge in [-0.2, -0.15) is 0 Å². The average Bonchev–Trinajstić information content (AvgIpc) is 2.38. The molecule has 0 aliphatic heterocycles. The zero-order valence-corrected chi connectivity index (χ0v) is 12.2. The van der Waals surface area contributed by atoms with Crippen LogP contribution < -0.4 is 11.2 Å². The highest BCUT2D eigenvalue weighted by atomic mass is 79.9. The summed E-state index contributed by atoms with van der Waals surface area (Å²) in [6, 6.07) is 6.91. The SMILES string of the molecule is NC(=O)C(O)(CCC(=O)NO)Sc1ccc(Br)cc1. The molecule has 6 nitrogen and oxygen atoms in total. The van der Waals surface area contributed by atoms with E-state index in [0.717, 1.165) is 16.2 Å². The highest BCUT2D eigenvalue weighted by molar-refractivity contribution is 9.10. The molecule has 8 heteroatoms. The van der Waals surface area contributed by atoms with Crippen LogP contribution in [0.1, 0.15) is 12.8 Å². The van der Waals surface area contributed by atoms with Gasteiger partial charge in [0.25, 0.3) is 5.91 Å². The van der Waals surface area contributed by atoms with Gasteiger partial charge in [-0.1, -0.05) is 27.7 Å². The Labute approximate surface area is 122 Å². The maximum atomic E-state index is 11.3. The number of carbonyl (C=O) groups is 2. The maximum Gasteiger partial charge on any atom is 0.260 e. The van der Waals surface area contributed by atoms with Crippen LogP contribution in [0.5, 0.6) is 0 Å². The van der Waals surface area contributed by atoms with Gasteiger partial charge in [-0.3, -0.25) is 14.8 Å². The van der Waals surface area contributed by atoms with Crippen LogP contribution >= 0.6 is 27.7 Å². The molecular weight excluding hydrogens is 336 g/mol. The summed E-state index contributed by atoms with van der Waals surface area (Å²) in [7, 11) is 0. The molecule has 0 fully saturated rings. The highest BCUT2D eigenvalue weighted by Gasteiger charge is 2.35. The van der Waals surface area contributed by atoms with Crippen LogP contribution in [0.25, 0.3) is 0 Å². The fourth-order valence-electron chi connectivity index (χ4n) is 1.26. The minimum atomic E-state index is -1.90. The van der Waals surface area contributed by atoms with Crippen LogP contribution in [0.2, 0.25) is 0 Å². The molecule has 5 N–H and O–H groups in total. The standard InChI is InChI=1S/C11H13BrN2O4S/c12-7-1-3-8(4-2-7)19-11(17,10(13)16)6-5-9(15)14-18/h1-4,17-18H,5-6H2,(H2,13,16)(H,14,15). The first-order valence-electron chi connectivity index (χ1n) is 5.27. The van der Waals surface area contributed by atoms with E-state index in [1.54, 1.807) is 24.3 Å². The third-order valence-electron chi connectivity index (χ3n) is 2.30. The zero-order chi connectivity index (χ0) is 14.5. The number of benzene rings is 1. The van der Waals surface area contributed by atoms with E-state index in [2.05, 4.69) is 15.9 Å². The number of amides is 2. The second-order valence-corrected chi connectivity index (χ2v) is 6.01. The van der Waals surface area contributed by atoms with E-state index >= 15 is 0 Å². The van der Waals surface area contributed by atoms with Gasteiger partial charge in [0.1, 0.15) is 0 Å². The summed E-state index contributed by atoms with van der Waals surface area (Å²) in [4.78, 5) is 21.0. The van der Waals surface area contributed by atoms with Crippen LogP contribution in [0.3, 0.4) is 0 Å². The van der Waals surface area contributed by atoms with Crippen LogP contribution in [-0.2, 0) is 9.59 Å². The largest absolute Gasteiger partial charge is 0.371 e. The molecule has 1 aromatic rings. The van der Waals surface area contributed by atoms with E-state index in [1.807, 2.05) is 0 Å². The molecule has 0 saturated heterocycles. The lowest BCUT2D eigenvalue weighted by atomic mass is 10.2. The molecule has 0 heterocycles. The summed E-state index contributed by atoms with van der Waals surface area (Å²) < 4.78 is 0.860. The highest BCUT2D eigenvalue weighted by Crippen LogP contribution is 2.34. The van der Waals surface area contributed by atoms with Crippen molar-refractivity contribution in [3.63, 3.8) is 0 Å². The third-order valence-corrected chi connectivity index (χ3v) is 4.08. The molecule has 0 radical (unpaired) electrons. The Morgan fingerprint density at radius 1 is 1.37 bits per heavy atom. The summed E-state index contributed by atoms with van der Waals surface area (Å²) >= 11 is 4.13. The van der Waals surface area contributed by atoms with Crippen LogP contribution in [-0.4, -0.2) is 27.1 Å². The summed E-state index contributed by atoms with van der Waals surface area (Å²) in [6.45, 7) is 0. The van der Waals surface area contributed by atoms with Crippen molar-refractivity contribution in [1.82, 2.24) is 5.48 Å². The molecule has 1 atom stereocenters. The zero-order valence-electron chi connectivity index (χ0n) is 9.80. The van der Waals surface area contributed by atoms with Crippen molar-refractivity contribution in [2.75, 3.05) is 0 Å². The fourth-order valence-corrected chi connectivity index (χ4v) is 2.49. The molecule has 0 aliphatic rings. The molecular formula is C11H13BrN2O4S. The Morgan fingerprint density at radius 2 is 1.95 bits per heavy atom. The predicted molar refractivity (Wildman–Crippen MR) is 73.3 cm³/mol. The average molecular weight is 349 g/mol. The molecule has 1 rings (SSSR count). The summed E-state index contributed by atoms with van der Waals surface area (Å²) in [5, 5.41) is 18.6. The number of nitrogens with one attached hydrogen (secondary N) is 1. The van der Waals surface area contributed by atoms with Crippen molar-refractivity contribution in [2.24, 2.45) is 5.73 Å². The quantitative estimate of drug-likeness (QED) is 0.265. The molecule has 0 bridgehead atoms. The molecule has 104 valence electrons. The summed E-state index contributed by atoms with van der Waals surface area (Å²) in [5.74, 6) is -1.64. The van der Waals surface area contributed by atoms with E-state index in [4.69, 9.17) is 10.9 Å². The van der Waals surface area contributed by atoms with Gasteiger partial charge in [-0.15, -0.1) is 0 Å². The van der Waals surface area contributed by atoms with Crippen molar-refractivity contribution in [2.45, 2.75) is 22.7 Å². The summed E-state index contributed by atoms with van der Waals surface area (Å²) in [5.41, 5.74) is 6.59. The number of carbonyl (C=O) groups excluding carboxylic acids is 2. The lowest BCUT2D eigenvalue weighted by molar-refractivity contribution is -0.132. The number of halogens is 1. The molecule has 0 aromatic heterocycles. The second kappa shape index (κ2) is 6.90. The minimum Gasteiger partial charge on any atom is -0.371 e. The molecule has 0 saturated carbocycles. The van der Waals surface area contributed by atoms with Crippen molar-refractivity contribution in [3.8, 4) is 0 Å². The number of hydrogen-bond acceptors (Lipinski definition) is 5. The van der Waals surface area contributed by atoms with Gasteiger partial charge in [0, 0.05) is 22.2 Å². The van der Waals surface area contributed by atoms with Crippen LogP contribution in [0, 0.1) is 0 Å². The van der Waals surface area contributed by atoms with Gasteiger partial charge in [0.2, 0.25) is 5.91 Å². The second-order valence-electron chi connectivity index (χ2n) is 3.74. The summed E-state index contributed by atoms with van der Waals surface area (Å²) in [6.07, 6.45) is -0.422. The van der Waals surface area contributed by atoms with Crippen molar-refractivity contribution in [1.29, 1.82) is 0 Å². The maximum absolute atomic E-state index is 11.3. The van der Waals surface area contributed by atoms with E-state index < -0.39 is 16.7 Å². The lowest BCUT2D eigenvalue weighted by Gasteiger charge is -2.23. The first-order valence-corrected chi connectivity index (χ1v) is 6.88. The Hall–Kier alpha value is -1.09. The molecule has 1 aromatic carbocycles. The molecule has 0 aliphatic carbocycles. The fraction of sp³-hybridized carbons (Fsp3) is 0.273. The van der Waals surface area contributed by atoms with E-state index in [9.17, 15) is 14.7 Å². The number of hydrogen-bond donors (Lipinski definition) is 4. The van der Waals surface area contributed by atoms with Gasteiger partial charge in [-0.25, -0.2) is 5.48 Å². The van der Waals surface area contributed by atoms with Crippen LogP contribution in [0.15, 0.2) is 33.6 Å².